The average molecular weight is 312 g/mol. The number of aryl methyl sites for hydroxylation is 1. The highest BCUT2D eigenvalue weighted by Crippen LogP contribution is 2.27. The first-order valence-corrected chi connectivity index (χ1v) is 7.22. The van der Waals surface area contributed by atoms with E-state index in [4.69, 9.17) is 9.47 Å². The number of hydrogen-bond acceptors (Lipinski definition) is 4. The molecule has 0 heterocycles. The zero-order valence-corrected chi connectivity index (χ0v) is 13.5. The Hall–Kier alpha value is -2.82. The maximum atomic E-state index is 11.9. The molecule has 0 spiro atoms. The van der Waals surface area contributed by atoms with Crippen LogP contribution in [0, 0.1) is 6.92 Å². The summed E-state index contributed by atoms with van der Waals surface area (Å²) in [5.74, 6) is 1.04. The van der Waals surface area contributed by atoms with Crippen LogP contribution in [0.4, 0.5) is 0 Å². The Morgan fingerprint density at radius 3 is 2.43 bits per heavy atom. The maximum absolute atomic E-state index is 11.9. The van der Waals surface area contributed by atoms with Crippen molar-refractivity contribution in [3.05, 3.63) is 59.2 Å². The van der Waals surface area contributed by atoms with Gasteiger partial charge in [-0.2, -0.15) is 5.10 Å². The predicted molar refractivity (Wildman–Crippen MR) is 90.2 cm³/mol. The van der Waals surface area contributed by atoms with Crippen molar-refractivity contribution >= 4 is 12.1 Å². The smallest absolute Gasteiger partial charge is 0.244 e. The zero-order valence-electron chi connectivity index (χ0n) is 13.5. The van der Waals surface area contributed by atoms with Crippen LogP contribution in [-0.2, 0) is 11.2 Å². The van der Waals surface area contributed by atoms with Crippen LogP contribution in [-0.4, -0.2) is 26.3 Å². The molecule has 5 heteroatoms. The highest BCUT2D eigenvalue weighted by atomic mass is 16.5. The normalized spacial score (nSPS) is 10.6. The number of benzene rings is 2. The number of amides is 1. The Kier molecular flexibility index (Phi) is 5.74. The number of ether oxygens (including phenoxy) is 2. The van der Waals surface area contributed by atoms with Crippen LogP contribution in [0.3, 0.4) is 0 Å². The summed E-state index contributed by atoms with van der Waals surface area (Å²) in [5, 5.41) is 3.96. The highest BCUT2D eigenvalue weighted by molar-refractivity contribution is 5.83. The standard InChI is InChI=1S/C18H20N2O3/c1-13-4-6-14(7-5-13)12-19-20-18(21)11-15-8-9-16(22-2)17(10-15)23-3/h4-10,12H,11H2,1-3H3,(H,20,21). The van der Waals surface area contributed by atoms with Gasteiger partial charge in [0.15, 0.2) is 11.5 Å². The number of nitrogens with zero attached hydrogens (tertiary/aromatic N) is 1. The molecule has 2 aromatic carbocycles. The molecular formula is C18H20N2O3. The summed E-state index contributed by atoms with van der Waals surface area (Å²) in [6.07, 6.45) is 1.83. The lowest BCUT2D eigenvalue weighted by Gasteiger charge is -2.09. The molecule has 2 rings (SSSR count). The molecule has 5 nitrogen and oxygen atoms in total. The summed E-state index contributed by atoms with van der Waals surface area (Å²) in [6.45, 7) is 2.02. The molecule has 0 aliphatic rings. The number of rotatable bonds is 6. The number of methoxy groups -OCH3 is 2. The molecule has 1 amide bonds. The van der Waals surface area contributed by atoms with Crippen molar-refractivity contribution in [3.8, 4) is 11.5 Å². The van der Waals surface area contributed by atoms with E-state index >= 15 is 0 Å². The van der Waals surface area contributed by atoms with Gasteiger partial charge in [0.2, 0.25) is 5.91 Å². The van der Waals surface area contributed by atoms with Crippen molar-refractivity contribution in [2.45, 2.75) is 13.3 Å². The molecule has 0 aromatic heterocycles. The molecule has 23 heavy (non-hydrogen) atoms. The number of hydrazone groups is 1. The third-order valence-electron chi connectivity index (χ3n) is 3.29. The van der Waals surface area contributed by atoms with Crippen molar-refractivity contribution in [3.63, 3.8) is 0 Å². The van der Waals surface area contributed by atoms with E-state index in [1.807, 2.05) is 37.3 Å². The third-order valence-corrected chi connectivity index (χ3v) is 3.29. The summed E-state index contributed by atoms with van der Waals surface area (Å²) < 4.78 is 10.4. The van der Waals surface area contributed by atoms with Gasteiger partial charge in [0.1, 0.15) is 0 Å². The number of nitrogens with one attached hydrogen (secondary N) is 1. The van der Waals surface area contributed by atoms with Crippen LogP contribution < -0.4 is 14.9 Å². The Balaban J connectivity index is 1.93. The molecule has 2 aromatic rings. The molecule has 0 fully saturated rings. The number of carbonyl (C=O) groups is 1. The van der Waals surface area contributed by atoms with E-state index in [0.717, 1.165) is 11.1 Å². The Bertz CT molecular complexity index is 694. The van der Waals surface area contributed by atoms with Crippen molar-refractivity contribution in [2.75, 3.05) is 14.2 Å². The molecule has 0 unspecified atom stereocenters. The first-order chi connectivity index (χ1) is 11.1. The first-order valence-electron chi connectivity index (χ1n) is 7.22. The minimum Gasteiger partial charge on any atom is -0.493 e. The van der Waals surface area contributed by atoms with Gasteiger partial charge >= 0.3 is 0 Å². The molecular weight excluding hydrogens is 292 g/mol. The van der Waals surface area contributed by atoms with E-state index < -0.39 is 0 Å². The topological polar surface area (TPSA) is 59.9 Å². The van der Waals surface area contributed by atoms with E-state index in [1.165, 1.54) is 5.56 Å². The van der Waals surface area contributed by atoms with Gasteiger partial charge < -0.3 is 9.47 Å². The van der Waals surface area contributed by atoms with Crippen LogP contribution in [0.5, 0.6) is 11.5 Å². The second kappa shape index (κ2) is 7.98. The summed E-state index contributed by atoms with van der Waals surface area (Å²) in [7, 11) is 3.14. The van der Waals surface area contributed by atoms with E-state index in [1.54, 1.807) is 32.6 Å². The van der Waals surface area contributed by atoms with Crippen LogP contribution in [0.1, 0.15) is 16.7 Å². The number of hydrogen-bond donors (Lipinski definition) is 1. The molecule has 0 radical (unpaired) electrons. The fourth-order valence-corrected chi connectivity index (χ4v) is 2.05. The van der Waals surface area contributed by atoms with E-state index in [9.17, 15) is 4.79 Å². The lowest BCUT2D eigenvalue weighted by Crippen LogP contribution is -2.19. The van der Waals surface area contributed by atoms with Gasteiger partial charge in [-0.1, -0.05) is 35.9 Å². The molecule has 0 atom stereocenters. The van der Waals surface area contributed by atoms with Crippen molar-refractivity contribution in [1.82, 2.24) is 5.43 Å². The van der Waals surface area contributed by atoms with Crippen LogP contribution in [0.25, 0.3) is 0 Å². The number of carbonyl (C=O) groups excluding carboxylic acids is 1. The molecule has 120 valence electrons. The molecule has 0 aliphatic carbocycles. The summed E-state index contributed by atoms with van der Waals surface area (Å²) in [4.78, 5) is 11.9. The van der Waals surface area contributed by atoms with Gasteiger partial charge in [0, 0.05) is 0 Å². The largest absolute Gasteiger partial charge is 0.493 e. The lowest BCUT2D eigenvalue weighted by molar-refractivity contribution is -0.120. The molecule has 0 aliphatic heterocycles. The summed E-state index contributed by atoms with van der Waals surface area (Å²) in [5.41, 5.74) is 5.46. The van der Waals surface area contributed by atoms with Gasteiger partial charge in [0.25, 0.3) is 0 Å². The molecule has 0 bridgehead atoms. The van der Waals surface area contributed by atoms with Crippen molar-refractivity contribution < 1.29 is 14.3 Å². The monoisotopic (exact) mass is 312 g/mol. The predicted octanol–water partition coefficient (Wildman–Crippen LogP) is 2.71. The van der Waals surface area contributed by atoms with E-state index in [-0.39, 0.29) is 12.3 Å². The van der Waals surface area contributed by atoms with E-state index in [2.05, 4.69) is 10.5 Å². The van der Waals surface area contributed by atoms with Crippen LogP contribution in [0.15, 0.2) is 47.6 Å². The van der Waals surface area contributed by atoms with Gasteiger partial charge in [-0.3, -0.25) is 4.79 Å². The van der Waals surface area contributed by atoms with Gasteiger partial charge in [-0.05, 0) is 30.2 Å². The Morgan fingerprint density at radius 1 is 1.09 bits per heavy atom. The summed E-state index contributed by atoms with van der Waals surface area (Å²) >= 11 is 0. The Labute approximate surface area is 135 Å². The van der Waals surface area contributed by atoms with Gasteiger partial charge in [0.05, 0.1) is 26.9 Å². The van der Waals surface area contributed by atoms with E-state index in [0.29, 0.717) is 11.5 Å². The van der Waals surface area contributed by atoms with Crippen LogP contribution >= 0.6 is 0 Å². The fourth-order valence-electron chi connectivity index (χ4n) is 2.05. The second-order valence-corrected chi connectivity index (χ2v) is 5.07. The quantitative estimate of drug-likeness (QED) is 0.659. The van der Waals surface area contributed by atoms with Gasteiger partial charge in [-0.25, -0.2) is 5.43 Å². The maximum Gasteiger partial charge on any atom is 0.244 e. The minimum atomic E-state index is -0.194. The van der Waals surface area contributed by atoms with Crippen molar-refractivity contribution in [1.29, 1.82) is 0 Å². The average Bonchev–Trinajstić information content (AvgIpc) is 2.56. The lowest BCUT2D eigenvalue weighted by atomic mass is 10.1. The zero-order chi connectivity index (χ0) is 16.7. The van der Waals surface area contributed by atoms with Crippen molar-refractivity contribution in [2.24, 2.45) is 5.10 Å². The fraction of sp³-hybridized carbons (Fsp3) is 0.222. The first kappa shape index (κ1) is 16.5. The highest BCUT2D eigenvalue weighted by Gasteiger charge is 2.07. The minimum absolute atomic E-state index is 0.194. The third kappa shape index (κ3) is 4.85. The molecule has 0 saturated carbocycles. The van der Waals surface area contributed by atoms with Gasteiger partial charge in [-0.15, -0.1) is 0 Å². The second-order valence-electron chi connectivity index (χ2n) is 5.07. The van der Waals surface area contributed by atoms with Crippen LogP contribution in [0.2, 0.25) is 0 Å². The molecule has 1 N–H and O–H groups in total. The summed E-state index contributed by atoms with van der Waals surface area (Å²) in [6, 6.07) is 13.3. The molecule has 0 saturated heterocycles. The SMILES string of the molecule is COc1ccc(CC(=O)NN=Cc2ccc(C)cc2)cc1OC. The Morgan fingerprint density at radius 2 is 1.78 bits per heavy atom.